The molecule has 1 aliphatic heterocycles. The van der Waals surface area contributed by atoms with E-state index >= 15 is 0 Å². The maximum atomic E-state index is 11.7. The van der Waals surface area contributed by atoms with Crippen LogP contribution in [0.2, 0.25) is 0 Å². The Morgan fingerprint density at radius 2 is 2.14 bits per heavy atom. The van der Waals surface area contributed by atoms with Gasteiger partial charge in [0.05, 0.1) is 12.4 Å². The smallest absolute Gasteiger partial charge is 0.363 e. The minimum Gasteiger partial charge on any atom is -0.388 e. The zero-order valence-corrected chi connectivity index (χ0v) is 12.6. The summed E-state index contributed by atoms with van der Waals surface area (Å²) in [5, 5.41) is 23.2. The predicted octanol–water partition coefficient (Wildman–Crippen LogP) is -0.625. The van der Waals surface area contributed by atoms with Gasteiger partial charge in [-0.15, -0.1) is 0 Å². The number of hydrogen-bond donors (Lipinski definition) is 5. The standard InChI is InChI=1S/C12H15N4O5P/c1-22(20)4-21-12-10(18)9(17)7(16-12)5-2-13-8-6(5)14-3-15-11(8)19/h2-3,7,9-10,12,16-18H,4H2,1H3,(H-,13,14,15,19)/p+1/t7-,9-,10-,12+/m0/s1. The van der Waals surface area contributed by atoms with Crippen LogP contribution in [0.25, 0.3) is 11.0 Å². The second-order valence-electron chi connectivity index (χ2n) is 5.17. The summed E-state index contributed by atoms with van der Waals surface area (Å²) in [4.78, 5) is 21.0. The molecular formula is C12H16N4O5P+. The van der Waals surface area contributed by atoms with Gasteiger partial charge >= 0.3 is 7.80 Å². The van der Waals surface area contributed by atoms with Crippen molar-refractivity contribution in [3.05, 3.63) is 28.4 Å². The molecule has 5 atom stereocenters. The zero-order chi connectivity index (χ0) is 15.9. The Kier molecular flexibility index (Phi) is 4.07. The lowest BCUT2D eigenvalue weighted by molar-refractivity contribution is -0.0481. The highest BCUT2D eigenvalue weighted by atomic mass is 31.1. The second kappa shape index (κ2) is 5.86. The van der Waals surface area contributed by atoms with E-state index in [9.17, 15) is 19.6 Å². The summed E-state index contributed by atoms with van der Waals surface area (Å²) in [6.45, 7) is 1.51. The molecule has 3 rings (SSSR count). The van der Waals surface area contributed by atoms with Crippen molar-refractivity contribution in [2.75, 3.05) is 13.0 Å². The third kappa shape index (κ3) is 2.57. The lowest BCUT2D eigenvalue weighted by Crippen LogP contribution is -2.35. The molecule has 2 aromatic heterocycles. The molecule has 118 valence electrons. The lowest BCUT2D eigenvalue weighted by atomic mass is 10.0. The van der Waals surface area contributed by atoms with Gasteiger partial charge in [-0.2, -0.15) is 0 Å². The first-order chi connectivity index (χ1) is 10.5. The van der Waals surface area contributed by atoms with Crippen LogP contribution in [-0.4, -0.2) is 56.6 Å². The molecule has 10 heteroatoms. The highest BCUT2D eigenvalue weighted by molar-refractivity contribution is 7.43. The lowest BCUT2D eigenvalue weighted by Gasteiger charge is -2.14. The Hall–Kier alpha value is -1.64. The topological polar surface area (TPSA) is 140 Å². The van der Waals surface area contributed by atoms with Crippen LogP contribution in [0.5, 0.6) is 0 Å². The van der Waals surface area contributed by atoms with Gasteiger partial charge in [-0.25, -0.2) is 4.98 Å². The number of ether oxygens (including phenoxy) is 1. The number of nitrogens with zero attached hydrogens (tertiary/aromatic N) is 1. The average molecular weight is 327 g/mol. The number of aromatic nitrogens is 3. The van der Waals surface area contributed by atoms with Crippen molar-refractivity contribution < 1.29 is 19.5 Å². The maximum absolute atomic E-state index is 11.7. The summed E-state index contributed by atoms with van der Waals surface area (Å²) in [5.74, 6) is 0. The van der Waals surface area contributed by atoms with E-state index < -0.39 is 32.3 Å². The normalized spacial score (nSPS) is 29.1. The van der Waals surface area contributed by atoms with Crippen LogP contribution < -0.4 is 10.9 Å². The van der Waals surface area contributed by atoms with E-state index in [1.807, 2.05) is 0 Å². The van der Waals surface area contributed by atoms with Crippen molar-refractivity contribution in [1.82, 2.24) is 20.3 Å². The molecular weight excluding hydrogens is 311 g/mol. The molecule has 3 heterocycles. The zero-order valence-electron chi connectivity index (χ0n) is 11.7. The number of fused-ring (bicyclic) bond motifs is 1. The van der Waals surface area contributed by atoms with Crippen molar-refractivity contribution in [3.63, 3.8) is 0 Å². The van der Waals surface area contributed by atoms with E-state index in [-0.39, 0.29) is 11.9 Å². The predicted molar refractivity (Wildman–Crippen MR) is 77.9 cm³/mol. The summed E-state index contributed by atoms with van der Waals surface area (Å²) in [5.41, 5.74) is 0.941. The van der Waals surface area contributed by atoms with Crippen molar-refractivity contribution in [3.8, 4) is 0 Å². The van der Waals surface area contributed by atoms with Gasteiger partial charge in [0.25, 0.3) is 5.56 Å². The quantitative estimate of drug-likeness (QED) is 0.471. The van der Waals surface area contributed by atoms with Gasteiger partial charge in [-0.05, 0) is 0 Å². The Labute approximate surface area is 125 Å². The van der Waals surface area contributed by atoms with Crippen LogP contribution in [0.1, 0.15) is 11.6 Å². The maximum Gasteiger partial charge on any atom is 0.363 e. The number of aliphatic hydroxyl groups excluding tert-OH is 2. The van der Waals surface area contributed by atoms with Crippen LogP contribution in [-0.2, 0) is 9.30 Å². The van der Waals surface area contributed by atoms with Crippen molar-refractivity contribution in [2.45, 2.75) is 24.5 Å². The molecule has 1 fully saturated rings. The van der Waals surface area contributed by atoms with E-state index in [4.69, 9.17) is 4.74 Å². The Morgan fingerprint density at radius 3 is 2.86 bits per heavy atom. The Bertz CT molecular complexity index is 759. The molecule has 1 unspecified atom stereocenters. The Balaban J connectivity index is 1.89. The minimum absolute atomic E-state index is 0.0185. The van der Waals surface area contributed by atoms with Gasteiger partial charge in [0.15, 0.2) is 0 Å². The molecule has 0 aromatic carbocycles. The molecule has 9 nitrogen and oxygen atoms in total. The summed E-state index contributed by atoms with van der Waals surface area (Å²) in [6.07, 6.45) is -0.342. The molecule has 0 radical (unpaired) electrons. The van der Waals surface area contributed by atoms with E-state index in [1.54, 1.807) is 6.20 Å². The number of H-pyrrole nitrogens is 2. The molecule has 0 aliphatic carbocycles. The number of nitrogens with one attached hydrogen (secondary N) is 3. The fraction of sp³-hybridized carbons (Fsp3) is 0.500. The monoisotopic (exact) mass is 327 g/mol. The van der Waals surface area contributed by atoms with Crippen LogP contribution in [0.3, 0.4) is 0 Å². The van der Waals surface area contributed by atoms with Crippen molar-refractivity contribution in [2.24, 2.45) is 0 Å². The molecule has 0 bridgehead atoms. The largest absolute Gasteiger partial charge is 0.388 e. The molecule has 0 saturated carbocycles. The number of hydrogen-bond acceptors (Lipinski definition) is 7. The summed E-state index contributed by atoms with van der Waals surface area (Å²) in [7, 11) is -1.51. The first kappa shape index (κ1) is 15.3. The molecule has 0 amide bonds. The molecule has 1 aliphatic rings. The third-order valence-electron chi connectivity index (χ3n) is 3.62. The van der Waals surface area contributed by atoms with Gasteiger partial charge in [-0.3, -0.25) is 10.1 Å². The average Bonchev–Trinajstić information content (AvgIpc) is 3.01. The van der Waals surface area contributed by atoms with E-state index in [1.165, 1.54) is 13.0 Å². The van der Waals surface area contributed by atoms with Crippen LogP contribution in [0.4, 0.5) is 0 Å². The number of rotatable bonds is 4. The molecule has 1 saturated heterocycles. The highest BCUT2D eigenvalue weighted by Gasteiger charge is 2.44. The van der Waals surface area contributed by atoms with Crippen LogP contribution in [0.15, 0.2) is 17.3 Å². The highest BCUT2D eigenvalue weighted by Crippen LogP contribution is 2.31. The molecule has 2 aromatic rings. The first-order valence-corrected chi connectivity index (χ1v) is 8.55. The van der Waals surface area contributed by atoms with Crippen LogP contribution in [0, 0.1) is 0 Å². The van der Waals surface area contributed by atoms with Crippen LogP contribution >= 0.6 is 7.80 Å². The van der Waals surface area contributed by atoms with E-state index in [0.717, 1.165) is 0 Å². The SMILES string of the molecule is C[P+](=O)CO[C@H]1N[C@@H](c2c[nH]c3c(=O)[nH]cnc23)[C@H](O)[C@@H]1O. The van der Waals surface area contributed by atoms with Gasteiger partial charge in [0.1, 0.15) is 36.1 Å². The number of aliphatic hydroxyl groups is 2. The molecule has 22 heavy (non-hydrogen) atoms. The Morgan fingerprint density at radius 1 is 1.36 bits per heavy atom. The third-order valence-corrected chi connectivity index (χ3v) is 4.13. The van der Waals surface area contributed by atoms with E-state index in [2.05, 4.69) is 20.3 Å². The number of aromatic amines is 2. The summed E-state index contributed by atoms with van der Waals surface area (Å²) in [6, 6.07) is -0.655. The van der Waals surface area contributed by atoms with Crippen molar-refractivity contribution in [1.29, 1.82) is 0 Å². The fourth-order valence-corrected chi connectivity index (χ4v) is 2.93. The van der Waals surface area contributed by atoms with E-state index in [0.29, 0.717) is 16.6 Å². The summed E-state index contributed by atoms with van der Waals surface area (Å²) >= 11 is 0. The van der Waals surface area contributed by atoms with Gasteiger partial charge in [-0.1, -0.05) is 4.57 Å². The van der Waals surface area contributed by atoms with Gasteiger partial charge in [0.2, 0.25) is 6.35 Å². The van der Waals surface area contributed by atoms with Gasteiger partial charge < -0.3 is 24.9 Å². The van der Waals surface area contributed by atoms with Gasteiger partial charge in [0, 0.05) is 11.8 Å². The first-order valence-electron chi connectivity index (χ1n) is 6.65. The molecule has 5 N–H and O–H groups in total. The fourth-order valence-electron chi connectivity index (χ4n) is 2.56. The molecule has 0 spiro atoms. The second-order valence-corrected chi connectivity index (χ2v) is 6.68. The minimum atomic E-state index is -1.51. The summed E-state index contributed by atoms with van der Waals surface area (Å²) < 4.78 is 16.4. The van der Waals surface area contributed by atoms with Crippen molar-refractivity contribution >= 4 is 18.8 Å².